The van der Waals surface area contributed by atoms with Gasteiger partial charge in [-0.3, -0.25) is 9.11 Å². The molecule has 0 aliphatic rings. The summed E-state index contributed by atoms with van der Waals surface area (Å²) in [6.45, 7) is 1.39. The van der Waals surface area contributed by atoms with Gasteiger partial charge >= 0.3 is 0 Å². The number of phenolic OH excluding ortho intramolecular Hbond substituents is 1. The molecule has 9 nitrogen and oxygen atoms in total. The lowest BCUT2D eigenvalue weighted by molar-refractivity contribution is 0.472. The van der Waals surface area contributed by atoms with Gasteiger partial charge in [-0.2, -0.15) is 27.1 Å². The second-order valence-corrected chi connectivity index (χ2v) is 7.44. The first-order valence-corrected chi connectivity index (χ1v) is 8.90. The molecule has 0 amide bonds. The predicted molar refractivity (Wildman–Crippen MR) is 80.4 cm³/mol. The van der Waals surface area contributed by atoms with Crippen molar-refractivity contribution in [2.24, 2.45) is 10.2 Å². The molecule has 124 valence electrons. The summed E-state index contributed by atoms with van der Waals surface area (Å²) in [5.41, 5.74) is -0.337. The van der Waals surface area contributed by atoms with E-state index < -0.39 is 41.5 Å². The first-order chi connectivity index (χ1) is 10.5. The van der Waals surface area contributed by atoms with E-state index in [4.69, 9.17) is 0 Å². The highest BCUT2D eigenvalue weighted by Gasteiger charge is 2.23. The van der Waals surface area contributed by atoms with Gasteiger partial charge in [-0.1, -0.05) is 0 Å². The fourth-order valence-electron chi connectivity index (χ4n) is 2.15. The summed E-state index contributed by atoms with van der Waals surface area (Å²) in [6, 6.07) is 3.17. The molecule has 2 rings (SSSR count). The second-order valence-electron chi connectivity index (χ2n) is 4.66. The van der Waals surface area contributed by atoms with Crippen LogP contribution in [0.1, 0.15) is 5.56 Å². The van der Waals surface area contributed by atoms with E-state index in [2.05, 4.69) is 10.2 Å². The largest absolute Gasteiger partial charge is 0.505 e. The van der Waals surface area contributed by atoms with Crippen molar-refractivity contribution in [1.29, 1.82) is 0 Å². The maximum absolute atomic E-state index is 11.4. The smallest absolute Gasteiger partial charge is 0.296 e. The molecule has 0 atom stereocenters. The molecule has 0 radical (unpaired) electrons. The molecule has 0 spiro atoms. The Balaban J connectivity index is 3.05. The van der Waals surface area contributed by atoms with E-state index in [0.717, 1.165) is 12.1 Å². The van der Waals surface area contributed by atoms with Crippen molar-refractivity contribution in [3.63, 3.8) is 0 Å². The molecular formula is C12H12N2O7S2. The fourth-order valence-corrected chi connectivity index (χ4v) is 3.55. The maximum Gasteiger partial charge on any atom is 0.296 e. The van der Waals surface area contributed by atoms with E-state index >= 15 is 0 Å². The topological polar surface area (TPSA) is 154 Å². The van der Waals surface area contributed by atoms with Gasteiger partial charge in [0.25, 0.3) is 20.2 Å². The lowest BCUT2D eigenvalue weighted by Crippen LogP contribution is -2.02. The van der Waals surface area contributed by atoms with E-state index in [0.29, 0.717) is 0 Å². The monoisotopic (exact) mass is 360 g/mol. The number of azo groups is 1. The summed E-state index contributed by atoms with van der Waals surface area (Å²) >= 11 is 0. The third kappa shape index (κ3) is 3.17. The molecular weight excluding hydrogens is 348 g/mol. The highest BCUT2D eigenvalue weighted by Crippen LogP contribution is 2.41. The zero-order valence-corrected chi connectivity index (χ0v) is 13.6. The molecule has 2 aromatic rings. The molecule has 0 fully saturated rings. The van der Waals surface area contributed by atoms with Crippen LogP contribution in [0.15, 0.2) is 38.2 Å². The van der Waals surface area contributed by atoms with Crippen molar-refractivity contribution in [2.45, 2.75) is 16.7 Å². The standard InChI is InChI=1S/C12H12N2O7S2/c1-6-3-8-7(4-9(6)22(16,17)18)5-10(23(19,20)21)11(12(8)15)14-13-2/h3-5,15H,1-2H3,(H,16,17,18)(H,19,20,21). The molecule has 0 heterocycles. The molecule has 3 N–H and O–H groups in total. The van der Waals surface area contributed by atoms with Crippen molar-refractivity contribution in [1.82, 2.24) is 0 Å². The van der Waals surface area contributed by atoms with Gasteiger partial charge in [0.1, 0.15) is 10.6 Å². The van der Waals surface area contributed by atoms with Crippen LogP contribution >= 0.6 is 0 Å². The van der Waals surface area contributed by atoms with E-state index in [9.17, 15) is 31.0 Å². The van der Waals surface area contributed by atoms with Crippen LogP contribution in [0.5, 0.6) is 5.75 Å². The molecule has 0 aliphatic heterocycles. The van der Waals surface area contributed by atoms with Crippen molar-refractivity contribution in [2.75, 3.05) is 7.05 Å². The number of hydrogen-bond acceptors (Lipinski definition) is 7. The van der Waals surface area contributed by atoms with Crippen LogP contribution in [0.25, 0.3) is 10.8 Å². The lowest BCUT2D eigenvalue weighted by atomic mass is 10.1. The van der Waals surface area contributed by atoms with Gasteiger partial charge in [0.2, 0.25) is 0 Å². The first kappa shape index (κ1) is 17.3. The Labute approximate surface area is 131 Å². The molecule has 0 aromatic heterocycles. The number of rotatable bonds is 3. The van der Waals surface area contributed by atoms with E-state index in [1.165, 1.54) is 20.0 Å². The number of nitrogens with zero attached hydrogens (tertiary/aromatic N) is 2. The van der Waals surface area contributed by atoms with Crippen LogP contribution in [0.2, 0.25) is 0 Å². The number of aromatic hydroxyl groups is 1. The molecule has 0 saturated heterocycles. The highest BCUT2D eigenvalue weighted by molar-refractivity contribution is 7.86. The Morgan fingerprint density at radius 2 is 1.48 bits per heavy atom. The van der Waals surface area contributed by atoms with Crippen molar-refractivity contribution in [3.05, 3.63) is 23.8 Å². The van der Waals surface area contributed by atoms with Crippen molar-refractivity contribution >= 4 is 36.7 Å². The third-order valence-electron chi connectivity index (χ3n) is 3.10. The number of hydrogen-bond donors (Lipinski definition) is 3. The van der Waals surface area contributed by atoms with Crippen LogP contribution in [0, 0.1) is 6.92 Å². The van der Waals surface area contributed by atoms with Crippen LogP contribution < -0.4 is 0 Å². The molecule has 0 aliphatic carbocycles. The summed E-state index contributed by atoms with van der Waals surface area (Å²) in [5.74, 6) is -0.592. The lowest BCUT2D eigenvalue weighted by Gasteiger charge is -2.11. The maximum atomic E-state index is 11.4. The van der Waals surface area contributed by atoms with Crippen molar-refractivity contribution < 1.29 is 31.0 Å². The number of benzene rings is 2. The van der Waals surface area contributed by atoms with E-state index in [-0.39, 0.29) is 16.3 Å². The molecule has 23 heavy (non-hydrogen) atoms. The van der Waals surface area contributed by atoms with Gasteiger partial charge in [0.05, 0.1) is 4.90 Å². The summed E-state index contributed by atoms with van der Waals surface area (Å²) < 4.78 is 64.0. The van der Waals surface area contributed by atoms with Crippen LogP contribution in [-0.4, -0.2) is 38.1 Å². The van der Waals surface area contributed by atoms with Gasteiger partial charge in [-0.05, 0) is 36.1 Å². The van der Waals surface area contributed by atoms with Crippen LogP contribution in [-0.2, 0) is 20.2 Å². The Hall–Kier alpha value is -2.08. The third-order valence-corrected chi connectivity index (χ3v) is 4.96. The minimum atomic E-state index is -4.75. The fraction of sp³-hybridized carbons (Fsp3) is 0.167. The van der Waals surface area contributed by atoms with Crippen LogP contribution in [0.3, 0.4) is 0 Å². The highest BCUT2D eigenvalue weighted by atomic mass is 32.2. The zero-order chi connectivity index (χ0) is 17.6. The summed E-state index contributed by atoms with van der Waals surface area (Å²) in [6.07, 6.45) is 0. The van der Waals surface area contributed by atoms with Gasteiger partial charge in [-0.25, -0.2) is 0 Å². The average Bonchev–Trinajstić information content (AvgIpc) is 2.39. The minimum Gasteiger partial charge on any atom is -0.505 e. The first-order valence-electron chi connectivity index (χ1n) is 6.02. The Morgan fingerprint density at radius 1 is 0.957 bits per heavy atom. The quantitative estimate of drug-likeness (QED) is 0.559. The molecule has 2 aromatic carbocycles. The second kappa shape index (κ2) is 5.53. The summed E-state index contributed by atoms with van der Waals surface area (Å²) in [4.78, 5) is -1.19. The van der Waals surface area contributed by atoms with Gasteiger partial charge < -0.3 is 5.11 Å². The van der Waals surface area contributed by atoms with Gasteiger partial charge in [0, 0.05) is 12.4 Å². The number of fused-ring (bicyclic) bond motifs is 1. The normalized spacial score (nSPS) is 13.0. The molecule has 0 bridgehead atoms. The van der Waals surface area contributed by atoms with Crippen LogP contribution in [0.4, 0.5) is 5.69 Å². The van der Waals surface area contributed by atoms with Gasteiger partial charge in [0.15, 0.2) is 5.75 Å². The summed E-state index contributed by atoms with van der Waals surface area (Å²) in [7, 11) is -8.06. The average molecular weight is 360 g/mol. The molecule has 0 saturated carbocycles. The summed E-state index contributed by atoms with van der Waals surface area (Å²) in [5, 5.41) is 17.1. The Bertz CT molecular complexity index is 1040. The number of phenols is 1. The molecule has 11 heteroatoms. The number of aryl methyl sites for hydroxylation is 1. The van der Waals surface area contributed by atoms with E-state index in [1.54, 1.807) is 0 Å². The van der Waals surface area contributed by atoms with Gasteiger partial charge in [-0.15, -0.1) is 0 Å². The predicted octanol–water partition coefficient (Wildman–Crippen LogP) is 2.06. The Kier molecular flexibility index (Phi) is 4.15. The SMILES string of the molecule is CN=Nc1c(S(=O)(=O)O)cc2cc(S(=O)(=O)O)c(C)cc2c1O. The zero-order valence-electron chi connectivity index (χ0n) is 11.9. The Morgan fingerprint density at radius 3 is 1.96 bits per heavy atom. The minimum absolute atomic E-state index is 0.0246. The van der Waals surface area contributed by atoms with Crippen molar-refractivity contribution in [3.8, 4) is 5.75 Å². The molecule has 0 unspecified atom stereocenters. The van der Waals surface area contributed by atoms with E-state index in [1.807, 2.05) is 0 Å².